The third-order valence-corrected chi connectivity index (χ3v) is 4.44. The highest BCUT2D eigenvalue weighted by atomic mass is 16.3. The molecule has 106 valence electrons. The molecule has 1 N–H and O–H groups in total. The van der Waals surface area contributed by atoms with E-state index in [1.54, 1.807) is 0 Å². The fourth-order valence-corrected chi connectivity index (χ4v) is 3.49. The van der Waals surface area contributed by atoms with Gasteiger partial charge in [-0.15, -0.1) is 0 Å². The lowest BCUT2D eigenvalue weighted by Crippen LogP contribution is -2.53. The predicted octanol–water partition coefficient (Wildman–Crippen LogP) is 1.95. The molecule has 18 heavy (non-hydrogen) atoms. The molecule has 1 saturated heterocycles. The number of piperazine rings is 1. The molecule has 3 heteroatoms. The molecule has 0 aromatic carbocycles. The van der Waals surface area contributed by atoms with Crippen molar-refractivity contribution in [2.45, 2.75) is 58.1 Å². The topological polar surface area (TPSA) is 26.7 Å². The second-order valence-corrected chi connectivity index (χ2v) is 6.50. The first-order valence-corrected chi connectivity index (χ1v) is 7.81. The molecule has 0 bridgehead atoms. The maximum Gasteiger partial charge on any atom is 0.0695 e. The number of hydrogen-bond donors (Lipinski definition) is 1. The van der Waals surface area contributed by atoms with Gasteiger partial charge in [-0.2, -0.15) is 0 Å². The van der Waals surface area contributed by atoms with E-state index in [-0.39, 0.29) is 6.10 Å². The molecule has 1 saturated carbocycles. The van der Waals surface area contributed by atoms with Crippen molar-refractivity contribution in [3.63, 3.8) is 0 Å². The van der Waals surface area contributed by atoms with Crippen molar-refractivity contribution in [1.29, 1.82) is 0 Å². The summed E-state index contributed by atoms with van der Waals surface area (Å²) in [5.41, 5.74) is 0. The zero-order valence-corrected chi connectivity index (χ0v) is 12.1. The van der Waals surface area contributed by atoms with Gasteiger partial charge in [0.25, 0.3) is 0 Å². The van der Waals surface area contributed by atoms with Gasteiger partial charge in [0, 0.05) is 38.8 Å². The quantitative estimate of drug-likeness (QED) is 0.780. The van der Waals surface area contributed by atoms with Crippen LogP contribution in [-0.4, -0.2) is 59.8 Å². The van der Waals surface area contributed by atoms with Crippen LogP contribution < -0.4 is 0 Å². The first-order chi connectivity index (χ1) is 8.66. The summed E-state index contributed by atoms with van der Waals surface area (Å²) in [7, 11) is 0. The van der Waals surface area contributed by atoms with Gasteiger partial charge in [-0.05, 0) is 18.8 Å². The summed E-state index contributed by atoms with van der Waals surface area (Å²) in [5.74, 6) is 0.764. The summed E-state index contributed by atoms with van der Waals surface area (Å²) in [6.45, 7) is 10.5. The molecule has 2 fully saturated rings. The van der Waals surface area contributed by atoms with Gasteiger partial charge < -0.3 is 10.0 Å². The number of aliphatic hydroxyl groups excluding tert-OH is 1. The fourth-order valence-electron chi connectivity index (χ4n) is 3.49. The summed E-state index contributed by atoms with van der Waals surface area (Å²) < 4.78 is 0. The lowest BCUT2D eigenvalue weighted by atomic mass is 10.0. The highest BCUT2D eigenvalue weighted by Crippen LogP contribution is 2.23. The van der Waals surface area contributed by atoms with Gasteiger partial charge in [-0.25, -0.2) is 0 Å². The summed E-state index contributed by atoms with van der Waals surface area (Å²) in [5, 5.41) is 10.3. The van der Waals surface area contributed by atoms with Crippen LogP contribution in [0.3, 0.4) is 0 Å². The number of hydrogen-bond acceptors (Lipinski definition) is 3. The zero-order valence-electron chi connectivity index (χ0n) is 12.1. The average Bonchev–Trinajstić information content (AvgIpc) is 2.54. The zero-order chi connectivity index (χ0) is 13.0. The van der Waals surface area contributed by atoms with Gasteiger partial charge in [-0.3, -0.25) is 4.90 Å². The van der Waals surface area contributed by atoms with Crippen LogP contribution in [0.1, 0.15) is 46.0 Å². The minimum Gasteiger partial charge on any atom is -0.391 e. The van der Waals surface area contributed by atoms with Crippen molar-refractivity contribution in [2.75, 3.05) is 32.7 Å². The third kappa shape index (κ3) is 3.94. The first-order valence-electron chi connectivity index (χ1n) is 7.81. The third-order valence-electron chi connectivity index (χ3n) is 4.44. The molecule has 1 aliphatic heterocycles. The largest absolute Gasteiger partial charge is 0.391 e. The van der Waals surface area contributed by atoms with Gasteiger partial charge in [0.15, 0.2) is 0 Å². The number of nitrogens with zero attached hydrogens (tertiary/aromatic N) is 2. The van der Waals surface area contributed by atoms with Crippen LogP contribution in [0.15, 0.2) is 0 Å². The highest BCUT2D eigenvalue weighted by molar-refractivity contribution is 4.85. The maximum atomic E-state index is 10.3. The highest BCUT2D eigenvalue weighted by Gasteiger charge is 2.29. The Balaban J connectivity index is 1.80. The molecular formula is C15H30N2O. The molecule has 3 nitrogen and oxygen atoms in total. The Morgan fingerprint density at radius 3 is 2.33 bits per heavy atom. The van der Waals surface area contributed by atoms with Crippen LogP contribution in [0, 0.1) is 5.92 Å². The molecule has 2 unspecified atom stereocenters. The van der Waals surface area contributed by atoms with Crippen molar-refractivity contribution < 1.29 is 5.11 Å². The molecule has 1 aliphatic carbocycles. The second-order valence-electron chi connectivity index (χ2n) is 6.50. The Hall–Kier alpha value is -0.120. The molecule has 0 amide bonds. The van der Waals surface area contributed by atoms with Gasteiger partial charge in [0.2, 0.25) is 0 Å². The van der Waals surface area contributed by atoms with E-state index in [1.807, 2.05) is 0 Å². The van der Waals surface area contributed by atoms with Crippen LogP contribution in [0.2, 0.25) is 0 Å². The van der Waals surface area contributed by atoms with Gasteiger partial charge in [0.05, 0.1) is 6.10 Å². The van der Waals surface area contributed by atoms with Gasteiger partial charge in [-0.1, -0.05) is 33.1 Å². The molecule has 0 aromatic heterocycles. The van der Waals surface area contributed by atoms with Crippen molar-refractivity contribution in [3.05, 3.63) is 0 Å². The number of rotatable bonds is 3. The van der Waals surface area contributed by atoms with Crippen molar-refractivity contribution in [1.82, 2.24) is 9.80 Å². The molecule has 2 atom stereocenters. The minimum atomic E-state index is -0.0795. The number of aliphatic hydroxyl groups is 1. The first kappa shape index (κ1) is 14.3. The summed E-state index contributed by atoms with van der Waals surface area (Å²) in [6.07, 6.45) is 5.95. The van der Waals surface area contributed by atoms with E-state index < -0.39 is 0 Å². The van der Waals surface area contributed by atoms with Crippen LogP contribution >= 0.6 is 0 Å². The Labute approximate surface area is 112 Å². The Morgan fingerprint density at radius 2 is 1.67 bits per heavy atom. The van der Waals surface area contributed by atoms with E-state index in [4.69, 9.17) is 0 Å². The van der Waals surface area contributed by atoms with E-state index in [2.05, 4.69) is 23.6 Å². The predicted molar refractivity (Wildman–Crippen MR) is 75.7 cm³/mol. The van der Waals surface area contributed by atoms with E-state index in [9.17, 15) is 5.11 Å². The fraction of sp³-hybridized carbons (Fsp3) is 1.00. The Morgan fingerprint density at radius 1 is 1.00 bits per heavy atom. The van der Waals surface area contributed by atoms with Crippen LogP contribution in [0.5, 0.6) is 0 Å². The molecule has 0 aromatic rings. The van der Waals surface area contributed by atoms with E-state index in [0.717, 1.165) is 25.4 Å². The SMILES string of the molecule is CC(C)CN1CCN(C2CCCCCC2O)CC1. The summed E-state index contributed by atoms with van der Waals surface area (Å²) in [4.78, 5) is 5.12. The van der Waals surface area contributed by atoms with E-state index in [1.165, 1.54) is 45.3 Å². The molecule has 0 radical (unpaired) electrons. The minimum absolute atomic E-state index is 0.0795. The lowest BCUT2D eigenvalue weighted by Gasteiger charge is -2.41. The van der Waals surface area contributed by atoms with Crippen molar-refractivity contribution in [3.8, 4) is 0 Å². The molecule has 0 spiro atoms. The van der Waals surface area contributed by atoms with Gasteiger partial charge in [0.1, 0.15) is 0 Å². The Kier molecular flexibility index (Phi) is 5.46. The smallest absolute Gasteiger partial charge is 0.0695 e. The summed E-state index contributed by atoms with van der Waals surface area (Å²) >= 11 is 0. The maximum absolute atomic E-state index is 10.3. The normalized spacial score (nSPS) is 32.7. The van der Waals surface area contributed by atoms with Crippen molar-refractivity contribution in [2.24, 2.45) is 5.92 Å². The van der Waals surface area contributed by atoms with E-state index in [0.29, 0.717) is 6.04 Å². The second kappa shape index (κ2) is 6.88. The monoisotopic (exact) mass is 254 g/mol. The Bertz CT molecular complexity index is 237. The lowest BCUT2D eigenvalue weighted by molar-refractivity contribution is 0.0134. The van der Waals surface area contributed by atoms with Gasteiger partial charge >= 0.3 is 0 Å². The molecule has 2 aliphatic rings. The van der Waals surface area contributed by atoms with Crippen LogP contribution in [-0.2, 0) is 0 Å². The standard InChI is InChI=1S/C15H30N2O/c1-13(2)12-16-8-10-17(11-9-16)14-6-4-3-5-7-15(14)18/h13-15,18H,3-12H2,1-2H3. The molecular weight excluding hydrogens is 224 g/mol. The van der Waals surface area contributed by atoms with Crippen LogP contribution in [0.25, 0.3) is 0 Å². The van der Waals surface area contributed by atoms with E-state index >= 15 is 0 Å². The summed E-state index contributed by atoms with van der Waals surface area (Å²) in [6, 6.07) is 0.439. The molecule has 1 heterocycles. The van der Waals surface area contributed by atoms with Crippen LogP contribution in [0.4, 0.5) is 0 Å². The van der Waals surface area contributed by atoms with Crippen molar-refractivity contribution >= 4 is 0 Å². The average molecular weight is 254 g/mol. The molecule has 2 rings (SSSR count).